The van der Waals surface area contributed by atoms with Gasteiger partial charge in [0.05, 0.1) is 11.8 Å². The molecular formula is C17H25N3O. The van der Waals surface area contributed by atoms with E-state index in [0.717, 1.165) is 36.8 Å². The summed E-state index contributed by atoms with van der Waals surface area (Å²) in [6.45, 7) is 7.34. The first-order valence-electron chi connectivity index (χ1n) is 7.79. The fourth-order valence-corrected chi connectivity index (χ4v) is 2.04. The Hall–Kier alpha value is -1.97. The maximum atomic E-state index is 5.89. The molecule has 0 saturated carbocycles. The number of aromatic nitrogens is 2. The molecule has 1 N–H and O–H groups in total. The van der Waals surface area contributed by atoms with Crippen molar-refractivity contribution in [2.24, 2.45) is 0 Å². The molecule has 0 aliphatic heterocycles. The van der Waals surface area contributed by atoms with Gasteiger partial charge in [0, 0.05) is 25.0 Å². The molecule has 0 aliphatic rings. The Morgan fingerprint density at radius 3 is 2.95 bits per heavy atom. The van der Waals surface area contributed by atoms with E-state index in [1.165, 1.54) is 6.42 Å². The fraction of sp³-hybridized carbons (Fsp3) is 0.471. The number of nitrogens with zero attached hydrogens (tertiary/aromatic N) is 2. The Kier molecular flexibility index (Phi) is 5.67. The van der Waals surface area contributed by atoms with Crippen molar-refractivity contribution in [2.75, 3.05) is 11.9 Å². The third kappa shape index (κ3) is 4.25. The number of anilines is 1. The van der Waals surface area contributed by atoms with Crippen molar-refractivity contribution < 1.29 is 4.74 Å². The lowest BCUT2D eigenvalue weighted by Crippen LogP contribution is -2.10. The minimum absolute atomic E-state index is 0.227. The van der Waals surface area contributed by atoms with Crippen LogP contribution in [-0.4, -0.2) is 22.2 Å². The maximum Gasteiger partial charge on any atom is 0.207 e. The summed E-state index contributed by atoms with van der Waals surface area (Å²) in [6.07, 6.45) is 7.33. The van der Waals surface area contributed by atoms with E-state index < -0.39 is 0 Å². The van der Waals surface area contributed by atoms with E-state index in [4.69, 9.17) is 4.74 Å². The van der Waals surface area contributed by atoms with Gasteiger partial charge < -0.3 is 10.1 Å². The van der Waals surface area contributed by atoms with E-state index >= 15 is 0 Å². The molecule has 0 saturated heterocycles. The number of hydrogen-bond acceptors (Lipinski definition) is 3. The number of rotatable bonds is 8. The highest BCUT2D eigenvalue weighted by Gasteiger charge is 2.07. The molecule has 1 unspecified atom stereocenters. The first-order chi connectivity index (χ1) is 10.2. The molecule has 21 heavy (non-hydrogen) atoms. The smallest absolute Gasteiger partial charge is 0.207 e. The summed E-state index contributed by atoms with van der Waals surface area (Å²) < 4.78 is 7.94. The molecule has 1 heterocycles. The highest BCUT2D eigenvalue weighted by atomic mass is 16.5. The van der Waals surface area contributed by atoms with Crippen LogP contribution in [0.5, 0.6) is 5.75 Å². The summed E-state index contributed by atoms with van der Waals surface area (Å²) in [6, 6.07) is 8.13. The first kappa shape index (κ1) is 15.4. The van der Waals surface area contributed by atoms with E-state index in [9.17, 15) is 0 Å². The van der Waals surface area contributed by atoms with Crippen LogP contribution in [0.4, 0.5) is 5.95 Å². The van der Waals surface area contributed by atoms with E-state index in [0.29, 0.717) is 0 Å². The highest BCUT2D eigenvalue weighted by molar-refractivity contribution is 5.45. The van der Waals surface area contributed by atoms with Crippen molar-refractivity contribution in [3.8, 4) is 11.4 Å². The molecule has 0 aliphatic carbocycles. The summed E-state index contributed by atoms with van der Waals surface area (Å²) in [4.78, 5) is 4.38. The molecule has 4 heteroatoms. The van der Waals surface area contributed by atoms with Crippen LogP contribution in [0.15, 0.2) is 36.7 Å². The monoisotopic (exact) mass is 287 g/mol. The summed E-state index contributed by atoms with van der Waals surface area (Å²) >= 11 is 0. The van der Waals surface area contributed by atoms with E-state index in [1.807, 2.05) is 24.5 Å². The van der Waals surface area contributed by atoms with Crippen LogP contribution in [0.25, 0.3) is 5.69 Å². The van der Waals surface area contributed by atoms with Crippen molar-refractivity contribution in [1.82, 2.24) is 9.55 Å². The SMILES string of the molecule is CCCCNc1nccn1-c1cccc(OC(C)CC)c1. The molecule has 4 nitrogen and oxygen atoms in total. The van der Waals surface area contributed by atoms with Gasteiger partial charge in [-0.2, -0.15) is 0 Å². The first-order valence-corrected chi connectivity index (χ1v) is 7.79. The average molecular weight is 287 g/mol. The lowest BCUT2D eigenvalue weighted by molar-refractivity contribution is 0.217. The molecule has 0 spiro atoms. The van der Waals surface area contributed by atoms with Crippen molar-refractivity contribution in [2.45, 2.75) is 46.1 Å². The van der Waals surface area contributed by atoms with Gasteiger partial charge in [0.1, 0.15) is 5.75 Å². The molecule has 0 bridgehead atoms. The van der Waals surface area contributed by atoms with Gasteiger partial charge in [0.2, 0.25) is 5.95 Å². The van der Waals surface area contributed by atoms with Crippen molar-refractivity contribution in [1.29, 1.82) is 0 Å². The number of imidazole rings is 1. The highest BCUT2D eigenvalue weighted by Crippen LogP contribution is 2.21. The van der Waals surface area contributed by atoms with Crippen molar-refractivity contribution in [3.05, 3.63) is 36.7 Å². The van der Waals surface area contributed by atoms with Gasteiger partial charge in [-0.1, -0.05) is 26.3 Å². The summed E-state index contributed by atoms with van der Waals surface area (Å²) in [5.41, 5.74) is 1.06. The topological polar surface area (TPSA) is 39.1 Å². The Bertz CT molecular complexity index is 550. The van der Waals surface area contributed by atoms with Crippen LogP contribution in [0.1, 0.15) is 40.0 Å². The van der Waals surface area contributed by atoms with Crippen LogP contribution >= 0.6 is 0 Å². The molecular weight excluding hydrogens is 262 g/mol. The Morgan fingerprint density at radius 1 is 1.33 bits per heavy atom. The molecule has 0 radical (unpaired) electrons. The van der Waals surface area contributed by atoms with Gasteiger partial charge in [-0.3, -0.25) is 4.57 Å². The number of hydrogen-bond donors (Lipinski definition) is 1. The number of unbranched alkanes of at least 4 members (excludes halogenated alkanes) is 1. The second-order valence-corrected chi connectivity index (χ2v) is 5.24. The van der Waals surface area contributed by atoms with Crippen LogP contribution in [-0.2, 0) is 0 Å². The van der Waals surface area contributed by atoms with Gasteiger partial charge in [-0.25, -0.2) is 4.98 Å². The molecule has 1 atom stereocenters. The fourth-order valence-electron chi connectivity index (χ4n) is 2.04. The van der Waals surface area contributed by atoms with Gasteiger partial charge >= 0.3 is 0 Å². The normalized spacial score (nSPS) is 12.1. The van der Waals surface area contributed by atoms with Crippen LogP contribution in [0, 0.1) is 0 Å². The predicted octanol–water partition coefficient (Wildman–Crippen LogP) is 4.26. The molecule has 1 aromatic heterocycles. The molecule has 114 valence electrons. The zero-order chi connectivity index (χ0) is 15.1. The Morgan fingerprint density at radius 2 is 2.19 bits per heavy atom. The van der Waals surface area contributed by atoms with Crippen molar-refractivity contribution >= 4 is 5.95 Å². The quantitative estimate of drug-likeness (QED) is 0.737. The molecule has 2 aromatic rings. The predicted molar refractivity (Wildman–Crippen MR) is 87.3 cm³/mol. The van der Waals surface area contributed by atoms with E-state index in [-0.39, 0.29) is 6.10 Å². The largest absolute Gasteiger partial charge is 0.491 e. The maximum absolute atomic E-state index is 5.89. The molecule has 1 aromatic carbocycles. The second kappa shape index (κ2) is 7.72. The number of ether oxygens (including phenoxy) is 1. The summed E-state index contributed by atoms with van der Waals surface area (Å²) in [7, 11) is 0. The molecule has 0 fully saturated rings. The van der Waals surface area contributed by atoms with Gasteiger partial charge in [-0.15, -0.1) is 0 Å². The summed E-state index contributed by atoms with van der Waals surface area (Å²) in [5, 5.41) is 3.38. The lowest BCUT2D eigenvalue weighted by Gasteiger charge is -2.14. The zero-order valence-electron chi connectivity index (χ0n) is 13.2. The van der Waals surface area contributed by atoms with Crippen LogP contribution < -0.4 is 10.1 Å². The van der Waals surface area contributed by atoms with Gasteiger partial charge in [-0.05, 0) is 31.9 Å². The van der Waals surface area contributed by atoms with Crippen LogP contribution in [0.3, 0.4) is 0 Å². The minimum atomic E-state index is 0.227. The van der Waals surface area contributed by atoms with Gasteiger partial charge in [0.25, 0.3) is 0 Å². The van der Waals surface area contributed by atoms with Crippen LogP contribution in [0.2, 0.25) is 0 Å². The third-order valence-electron chi connectivity index (χ3n) is 3.46. The molecule has 2 rings (SSSR count). The van der Waals surface area contributed by atoms with Gasteiger partial charge in [0.15, 0.2) is 0 Å². The molecule has 0 amide bonds. The number of nitrogens with one attached hydrogen (secondary N) is 1. The Balaban J connectivity index is 2.14. The third-order valence-corrected chi connectivity index (χ3v) is 3.46. The van der Waals surface area contributed by atoms with Crippen molar-refractivity contribution in [3.63, 3.8) is 0 Å². The van der Waals surface area contributed by atoms with E-state index in [2.05, 4.69) is 47.8 Å². The zero-order valence-corrected chi connectivity index (χ0v) is 13.2. The van der Waals surface area contributed by atoms with E-state index in [1.54, 1.807) is 0 Å². The number of benzene rings is 1. The Labute approximate surface area is 127 Å². The summed E-state index contributed by atoms with van der Waals surface area (Å²) in [5.74, 6) is 1.78. The second-order valence-electron chi connectivity index (χ2n) is 5.24. The standard InChI is InChI=1S/C17H25N3O/c1-4-6-10-18-17-19-11-12-20(17)15-8-7-9-16(13-15)21-14(3)5-2/h7-9,11-14H,4-6,10H2,1-3H3,(H,18,19). The average Bonchev–Trinajstić information content (AvgIpc) is 2.96. The lowest BCUT2D eigenvalue weighted by atomic mass is 10.2. The minimum Gasteiger partial charge on any atom is -0.491 e.